The van der Waals surface area contributed by atoms with Gasteiger partial charge in [-0.25, -0.2) is 4.98 Å². The molecular formula is C14H14ClN3O2. The molecule has 104 valence electrons. The Balaban J connectivity index is 2.21. The molecule has 0 spiro atoms. The van der Waals surface area contributed by atoms with Gasteiger partial charge in [-0.3, -0.25) is 4.79 Å². The standard InChI is InChI=1S/C14H14ClN3O2/c1-18(8-9-4-2-3-5-12(9)19)14(20)11-6-10(16)7-17-13(11)15/h2-7,19H,8,16H2,1H3. The van der Waals surface area contributed by atoms with Crippen LogP contribution in [0.5, 0.6) is 5.75 Å². The van der Waals surface area contributed by atoms with E-state index in [-0.39, 0.29) is 28.9 Å². The lowest BCUT2D eigenvalue weighted by Crippen LogP contribution is -2.26. The van der Waals surface area contributed by atoms with E-state index in [4.69, 9.17) is 17.3 Å². The molecule has 0 unspecified atom stereocenters. The molecule has 0 saturated carbocycles. The van der Waals surface area contributed by atoms with Gasteiger partial charge in [-0.2, -0.15) is 0 Å². The summed E-state index contributed by atoms with van der Waals surface area (Å²) in [5.74, 6) is -0.165. The minimum Gasteiger partial charge on any atom is -0.508 e. The Morgan fingerprint density at radius 1 is 1.45 bits per heavy atom. The molecule has 2 aromatic rings. The number of hydrogen-bond donors (Lipinski definition) is 2. The maximum atomic E-state index is 12.3. The Labute approximate surface area is 121 Å². The number of nitrogens with two attached hydrogens (primary N) is 1. The van der Waals surface area contributed by atoms with Crippen molar-refractivity contribution in [1.29, 1.82) is 0 Å². The topological polar surface area (TPSA) is 79.5 Å². The number of anilines is 1. The van der Waals surface area contributed by atoms with E-state index < -0.39 is 0 Å². The first-order chi connectivity index (χ1) is 9.49. The third kappa shape index (κ3) is 3.00. The van der Waals surface area contributed by atoms with Gasteiger partial charge < -0.3 is 15.7 Å². The van der Waals surface area contributed by atoms with Crippen molar-refractivity contribution in [2.45, 2.75) is 6.54 Å². The normalized spacial score (nSPS) is 10.3. The lowest BCUT2D eigenvalue weighted by Gasteiger charge is -2.18. The van der Waals surface area contributed by atoms with Crippen LogP contribution in [-0.2, 0) is 6.54 Å². The molecule has 1 amide bonds. The Kier molecular flexibility index (Phi) is 4.10. The molecule has 0 radical (unpaired) electrons. The van der Waals surface area contributed by atoms with Crippen LogP contribution in [0.25, 0.3) is 0 Å². The molecule has 0 saturated heterocycles. The number of pyridine rings is 1. The van der Waals surface area contributed by atoms with Crippen molar-refractivity contribution in [1.82, 2.24) is 9.88 Å². The summed E-state index contributed by atoms with van der Waals surface area (Å²) in [6, 6.07) is 8.32. The van der Waals surface area contributed by atoms with E-state index in [1.807, 2.05) is 0 Å². The number of nitrogens with zero attached hydrogens (tertiary/aromatic N) is 2. The lowest BCUT2D eigenvalue weighted by atomic mass is 10.1. The zero-order valence-corrected chi connectivity index (χ0v) is 11.6. The van der Waals surface area contributed by atoms with Gasteiger partial charge in [0, 0.05) is 19.2 Å². The highest BCUT2D eigenvalue weighted by atomic mass is 35.5. The number of amides is 1. The highest BCUT2D eigenvalue weighted by Gasteiger charge is 2.17. The molecule has 0 aliphatic rings. The second kappa shape index (κ2) is 5.79. The van der Waals surface area contributed by atoms with Crippen LogP contribution in [0.1, 0.15) is 15.9 Å². The molecule has 20 heavy (non-hydrogen) atoms. The number of para-hydroxylation sites is 1. The summed E-state index contributed by atoms with van der Waals surface area (Å²) in [7, 11) is 1.62. The predicted molar refractivity (Wildman–Crippen MR) is 77.6 cm³/mol. The van der Waals surface area contributed by atoms with E-state index in [0.29, 0.717) is 11.3 Å². The molecule has 5 nitrogen and oxygen atoms in total. The van der Waals surface area contributed by atoms with Crippen molar-refractivity contribution in [3.63, 3.8) is 0 Å². The predicted octanol–water partition coefficient (Wildman–Crippen LogP) is 2.29. The van der Waals surface area contributed by atoms with Crippen LogP contribution in [0.3, 0.4) is 0 Å². The van der Waals surface area contributed by atoms with E-state index in [1.165, 1.54) is 17.2 Å². The Morgan fingerprint density at radius 2 is 2.15 bits per heavy atom. The maximum absolute atomic E-state index is 12.3. The third-order valence-corrected chi connectivity index (χ3v) is 3.14. The fourth-order valence-corrected chi connectivity index (χ4v) is 1.98. The van der Waals surface area contributed by atoms with Crippen molar-refractivity contribution >= 4 is 23.2 Å². The zero-order valence-electron chi connectivity index (χ0n) is 10.9. The second-order valence-corrected chi connectivity index (χ2v) is 4.75. The number of benzene rings is 1. The van der Waals surface area contributed by atoms with Gasteiger partial charge in [0.15, 0.2) is 0 Å². The van der Waals surface area contributed by atoms with Crippen LogP contribution >= 0.6 is 11.6 Å². The third-order valence-electron chi connectivity index (χ3n) is 2.84. The number of carbonyl (C=O) groups is 1. The van der Waals surface area contributed by atoms with Gasteiger partial charge in [0.25, 0.3) is 5.91 Å². The molecular weight excluding hydrogens is 278 g/mol. The fraction of sp³-hybridized carbons (Fsp3) is 0.143. The van der Waals surface area contributed by atoms with Gasteiger partial charge in [0.2, 0.25) is 0 Å². The second-order valence-electron chi connectivity index (χ2n) is 4.40. The first-order valence-electron chi connectivity index (χ1n) is 5.92. The van der Waals surface area contributed by atoms with Gasteiger partial charge in [0.05, 0.1) is 17.4 Å². The summed E-state index contributed by atoms with van der Waals surface area (Å²) in [5.41, 5.74) is 6.87. The number of aromatic nitrogens is 1. The minimum atomic E-state index is -0.307. The van der Waals surface area contributed by atoms with Crippen molar-refractivity contribution in [3.8, 4) is 5.75 Å². The molecule has 3 N–H and O–H groups in total. The molecule has 0 aliphatic carbocycles. The van der Waals surface area contributed by atoms with Crippen molar-refractivity contribution in [2.24, 2.45) is 0 Å². The van der Waals surface area contributed by atoms with E-state index >= 15 is 0 Å². The largest absolute Gasteiger partial charge is 0.508 e. The van der Waals surface area contributed by atoms with E-state index in [0.717, 1.165) is 0 Å². The van der Waals surface area contributed by atoms with Crippen LogP contribution in [-0.4, -0.2) is 27.9 Å². The monoisotopic (exact) mass is 291 g/mol. The molecule has 2 rings (SSSR count). The van der Waals surface area contributed by atoms with E-state index in [2.05, 4.69) is 4.98 Å². The molecule has 1 aromatic carbocycles. The van der Waals surface area contributed by atoms with Crippen molar-refractivity contribution < 1.29 is 9.90 Å². The first-order valence-corrected chi connectivity index (χ1v) is 6.30. The van der Waals surface area contributed by atoms with Gasteiger partial charge in [-0.05, 0) is 12.1 Å². The summed E-state index contributed by atoms with van der Waals surface area (Å²) in [6.45, 7) is 0.261. The van der Waals surface area contributed by atoms with Crippen LogP contribution in [0.2, 0.25) is 5.15 Å². The van der Waals surface area contributed by atoms with Gasteiger partial charge in [-0.15, -0.1) is 0 Å². The number of aromatic hydroxyl groups is 1. The number of nitrogen functional groups attached to an aromatic ring is 1. The summed E-state index contributed by atoms with van der Waals surface area (Å²) in [6.07, 6.45) is 1.39. The van der Waals surface area contributed by atoms with Gasteiger partial charge in [0.1, 0.15) is 10.9 Å². The highest BCUT2D eigenvalue weighted by Crippen LogP contribution is 2.21. The van der Waals surface area contributed by atoms with Crippen molar-refractivity contribution in [3.05, 3.63) is 52.8 Å². The molecule has 0 bridgehead atoms. The van der Waals surface area contributed by atoms with Crippen LogP contribution in [0.4, 0.5) is 5.69 Å². The summed E-state index contributed by atoms with van der Waals surface area (Å²) in [5, 5.41) is 9.82. The minimum absolute atomic E-state index is 0.105. The van der Waals surface area contributed by atoms with Crippen LogP contribution < -0.4 is 5.73 Å². The van der Waals surface area contributed by atoms with Crippen LogP contribution in [0, 0.1) is 0 Å². The average molecular weight is 292 g/mol. The SMILES string of the molecule is CN(Cc1ccccc1O)C(=O)c1cc(N)cnc1Cl. The molecule has 0 aliphatic heterocycles. The average Bonchev–Trinajstić information content (AvgIpc) is 2.43. The fourth-order valence-electron chi connectivity index (χ4n) is 1.79. The number of phenols is 1. The van der Waals surface area contributed by atoms with Crippen LogP contribution in [0.15, 0.2) is 36.5 Å². The number of carbonyl (C=O) groups excluding carboxylic acids is 1. The summed E-state index contributed by atoms with van der Waals surface area (Å²) in [4.78, 5) is 17.6. The Hall–Kier alpha value is -2.27. The molecule has 1 aromatic heterocycles. The smallest absolute Gasteiger partial charge is 0.257 e. The number of rotatable bonds is 3. The van der Waals surface area contributed by atoms with Crippen molar-refractivity contribution in [2.75, 3.05) is 12.8 Å². The van der Waals surface area contributed by atoms with E-state index in [1.54, 1.807) is 31.3 Å². The molecule has 1 heterocycles. The first kappa shape index (κ1) is 14.1. The summed E-state index contributed by atoms with van der Waals surface area (Å²) < 4.78 is 0. The summed E-state index contributed by atoms with van der Waals surface area (Å²) >= 11 is 5.91. The number of halogens is 1. The maximum Gasteiger partial charge on any atom is 0.257 e. The molecule has 6 heteroatoms. The van der Waals surface area contributed by atoms with Gasteiger partial charge >= 0.3 is 0 Å². The molecule has 0 fully saturated rings. The zero-order chi connectivity index (χ0) is 14.7. The van der Waals surface area contributed by atoms with E-state index in [9.17, 15) is 9.90 Å². The quantitative estimate of drug-likeness (QED) is 0.850. The number of phenolic OH excluding ortho intramolecular Hbond substituents is 1. The number of hydrogen-bond acceptors (Lipinski definition) is 4. The highest BCUT2D eigenvalue weighted by molar-refractivity contribution is 6.32. The lowest BCUT2D eigenvalue weighted by molar-refractivity contribution is 0.0784. The molecule has 0 atom stereocenters. The Morgan fingerprint density at radius 3 is 2.85 bits per heavy atom. The van der Waals surface area contributed by atoms with Gasteiger partial charge in [-0.1, -0.05) is 29.8 Å². The Bertz CT molecular complexity index is 646.